The minimum absolute atomic E-state index is 0.0960. The summed E-state index contributed by atoms with van der Waals surface area (Å²) >= 11 is 0. The Morgan fingerprint density at radius 1 is 1.07 bits per heavy atom. The lowest BCUT2D eigenvalue weighted by Gasteiger charge is -2.15. The molecule has 0 spiro atoms. The number of para-hydroxylation sites is 1. The Labute approximate surface area is 178 Å². The second kappa shape index (κ2) is 9.83. The molecular weight excluding hydrogens is 376 g/mol. The smallest absolute Gasteiger partial charge is 0.161 e. The molecule has 2 aromatic carbocycles. The van der Waals surface area contributed by atoms with Gasteiger partial charge in [-0.05, 0) is 47.9 Å². The Kier molecular flexibility index (Phi) is 6.96. The van der Waals surface area contributed by atoms with Gasteiger partial charge in [0.25, 0.3) is 0 Å². The molecule has 0 unspecified atom stereocenters. The Morgan fingerprint density at radius 2 is 1.87 bits per heavy atom. The summed E-state index contributed by atoms with van der Waals surface area (Å²) in [6.45, 7) is 9.28. The highest BCUT2D eigenvalue weighted by molar-refractivity contribution is 5.78. The first-order valence-corrected chi connectivity index (χ1v) is 9.98. The van der Waals surface area contributed by atoms with Crippen molar-refractivity contribution in [3.63, 3.8) is 0 Å². The van der Waals surface area contributed by atoms with Gasteiger partial charge in [0.05, 0.1) is 12.8 Å². The summed E-state index contributed by atoms with van der Waals surface area (Å²) in [6, 6.07) is 17.2. The van der Waals surface area contributed by atoms with Gasteiger partial charge in [-0.1, -0.05) is 44.7 Å². The highest BCUT2D eigenvalue weighted by Gasteiger charge is 2.13. The van der Waals surface area contributed by atoms with E-state index in [0.29, 0.717) is 18.3 Å². The van der Waals surface area contributed by atoms with Crippen molar-refractivity contribution in [3.8, 4) is 39.6 Å². The Bertz CT molecular complexity index is 1020. The van der Waals surface area contributed by atoms with E-state index >= 15 is 0 Å². The minimum Gasteiger partial charge on any atom is -0.504 e. The molecule has 0 saturated carbocycles. The summed E-state index contributed by atoms with van der Waals surface area (Å²) in [6.07, 6.45) is 1.73. The van der Waals surface area contributed by atoms with Gasteiger partial charge < -0.3 is 19.9 Å². The van der Waals surface area contributed by atoms with E-state index in [2.05, 4.69) is 25.7 Å². The van der Waals surface area contributed by atoms with Crippen molar-refractivity contribution < 1.29 is 14.6 Å². The van der Waals surface area contributed by atoms with Gasteiger partial charge in [0.15, 0.2) is 11.5 Å². The summed E-state index contributed by atoms with van der Waals surface area (Å²) in [4.78, 5) is 4.79. The maximum absolute atomic E-state index is 9.95. The van der Waals surface area contributed by atoms with Gasteiger partial charge in [-0.15, -0.1) is 0 Å². The van der Waals surface area contributed by atoms with Crippen LogP contribution in [-0.2, 0) is 0 Å². The van der Waals surface area contributed by atoms with Crippen molar-refractivity contribution in [1.82, 2.24) is 4.98 Å². The lowest BCUT2D eigenvalue weighted by Crippen LogP contribution is -2.09. The number of nitrogens with zero attached hydrogens (tertiary/aromatic N) is 1. The predicted octanol–water partition coefficient (Wildman–Crippen LogP) is 5.76. The molecule has 0 radical (unpaired) electrons. The van der Waals surface area contributed by atoms with Crippen molar-refractivity contribution in [2.24, 2.45) is 5.92 Å². The number of hydrogen-bond acceptors (Lipinski definition) is 5. The second-order valence-electron chi connectivity index (χ2n) is 7.38. The number of pyridine rings is 1. The number of anilines is 1. The van der Waals surface area contributed by atoms with E-state index in [4.69, 9.17) is 14.5 Å². The van der Waals surface area contributed by atoms with Gasteiger partial charge in [-0.2, -0.15) is 0 Å². The van der Waals surface area contributed by atoms with Crippen molar-refractivity contribution in [2.75, 3.05) is 25.6 Å². The summed E-state index contributed by atoms with van der Waals surface area (Å²) < 4.78 is 11.1. The fraction of sp³-hybridized carbons (Fsp3) is 0.240. The molecule has 0 atom stereocenters. The maximum Gasteiger partial charge on any atom is 0.161 e. The van der Waals surface area contributed by atoms with Gasteiger partial charge >= 0.3 is 0 Å². The molecule has 1 heterocycles. The van der Waals surface area contributed by atoms with Crippen LogP contribution in [0.15, 0.2) is 67.3 Å². The van der Waals surface area contributed by atoms with E-state index in [-0.39, 0.29) is 5.75 Å². The number of benzene rings is 2. The Morgan fingerprint density at radius 3 is 2.60 bits per heavy atom. The van der Waals surface area contributed by atoms with E-state index in [1.165, 1.54) is 7.11 Å². The molecule has 156 valence electrons. The molecule has 0 aliphatic rings. The van der Waals surface area contributed by atoms with Crippen LogP contribution in [0, 0.1) is 5.92 Å². The minimum atomic E-state index is 0.0960. The molecule has 2 N–H and O–H groups in total. The average molecular weight is 405 g/mol. The zero-order valence-corrected chi connectivity index (χ0v) is 17.7. The van der Waals surface area contributed by atoms with Crippen LogP contribution in [0.4, 0.5) is 5.82 Å². The van der Waals surface area contributed by atoms with Crippen molar-refractivity contribution >= 4 is 5.82 Å². The zero-order valence-electron chi connectivity index (χ0n) is 17.7. The number of aromatic hydroxyl groups is 1. The molecule has 1 aromatic heterocycles. The third kappa shape index (κ3) is 5.11. The molecule has 0 aliphatic heterocycles. The third-order valence-corrected chi connectivity index (χ3v) is 4.55. The van der Waals surface area contributed by atoms with E-state index in [0.717, 1.165) is 40.5 Å². The quantitative estimate of drug-likeness (QED) is 0.444. The molecule has 5 heteroatoms. The monoisotopic (exact) mass is 404 g/mol. The summed E-state index contributed by atoms with van der Waals surface area (Å²) in [5.41, 5.74) is 3.58. The molecule has 3 aromatic rings. The fourth-order valence-corrected chi connectivity index (χ4v) is 3.05. The van der Waals surface area contributed by atoms with Crippen LogP contribution in [0.3, 0.4) is 0 Å². The van der Waals surface area contributed by atoms with Gasteiger partial charge in [-0.3, -0.25) is 0 Å². The Hall–Kier alpha value is -3.47. The first kappa shape index (κ1) is 21.2. The number of methoxy groups -OCH3 is 1. The van der Waals surface area contributed by atoms with Crippen LogP contribution in [-0.4, -0.2) is 30.4 Å². The molecular formula is C25H28N2O3. The SMILES string of the molecule is C=CCOc1ccccc1-c1cc(NCC(C)C)nc(-c2ccc(O)c(OC)c2)c1. The number of phenolic OH excluding ortho intramolecular Hbond substituents is 1. The van der Waals surface area contributed by atoms with Crippen LogP contribution < -0.4 is 14.8 Å². The number of phenols is 1. The molecule has 0 fully saturated rings. The number of ether oxygens (including phenoxy) is 2. The van der Waals surface area contributed by atoms with Gasteiger partial charge in [0, 0.05) is 17.7 Å². The van der Waals surface area contributed by atoms with E-state index < -0.39 is 0 Å². The van der Waals surface area contributed by atoms with E-state index in [1.807, 2.05) is 42.5 Å². The topological polar surface area (TPSA) is 63.6 Å². The molecule has 30 heavy (non-hydrogen) atoms. The molecule has 3 rings (SSSR count). The standard InChI is InChI=1S/C25H28N2O3/c1-5-12-30-23-9-7-6-8-20(23)19-13-21(27-25(15-19)26-16-17(2)3)18-10-11-22(28)24(14-18)29-4/h5-11,13-15,17,28H,1,12,16H2,2-4H3,(H,26,27). The van der Waals surface area contributed by atoms with Gasteiger partial charge in [0.2, 0.25) is 0 Å². The van der Waals surface area contributed by atoms with Crippen LogP contribution >= 0.6 is 0 Å². The summed E-state index contributed by atoms with van der Waals surface area (Å²) in [5.74, 6) is 2.55. The molecule has 0 bridgehead atoms. The number of aromatic nitrogens is 1. The predicted molar refractivity (Wildman–Crippen MR) is 122 cm³/mol. The maximum atomic E-state index is 9.95. The average Bonchev–Trinajstić information content (AvgIpc) is 2.76. The normalized spacial score (nSPS) is 10.7. The van der Waals surface area contributed by atoms with Crippen molar-refractivity contribution in [1.29, 1.82) is 0 Å². The van der Waals surface area contributed by atoms with Crippen LogP contribution in [0.5, 0.6) is 17.2 Å². The van der Waals surface area contributed by atoms with Crippen molar-refractivity contribution in [3.05, 3.63) is 67.3 Å². The lowest BCUT2D eigenvalue weighted by atomic mass is 10.0. The summed E-state index contributed by atoms with van der Waals surface area (Å²) in [7, 11) is 1.53. The number of rotatable bonds is 9. The molecule has 5 nitrogen and oxygen atoms in total. The summed E-state index contributed by atoms with van der Waals surface area (Å²) in [5, 5.41) is 13.4. The van der Waals surface area contributed by atoms with Crippen LogP contribution in [0.2, 0.25) is 0 Å². The first-order chi connectivity index (χ1) is 14.5. The van der Waals surface area contributed by atoms with E-state index in [1.54, 1.807) is 18.2 Å². The van der Waals surface area contributed by atoms with Gasteiger partial charge in [-0.25, -0.2) is 4.98 Å². The van der Waals surface area contributed by atoms with Gasteiger partial charge in [0.1, 0.15) is 18.2 Å². The first-order valence-electron chi connectivity index (χ1n) is 9.98. The lowest BCUT2D eigenvalue weighted by molar-refractivity contribution is 0.365. The number of nitrogens with one attached hydrogen (secondary N) is 1. The largest absolute Gasteiger partial charge is 0.504 e. The van der Waals surface area contributed by atoms with Crippen LogP contribution in [0.1, 0.15) is 13.8 Å². The highest BCUT2D eigenvalue weighted by Crippen LogP contribution is 2.36. The fourth-order valence-electron chi connectivity index (χ4n) is 3.05. The zero-order chi connectivity index (χ0) is 21.5. The second-order valence-corrected chi connectivity index (χ2v) is 7.38. The third-order valence-electron chi connectivity index (χ3n) is 4.55. The molecule has 0 aliphatic carbocycles. The van der Waals surface area contributed by atoms with E-state index in [9.17, 15) is 5.11 Å². The molecule has 0 saturated heterocycles. The van der Waals surface area contributed by atoms with Crippen LogP contribution in [0.25, 0.3) is 22.4 Å². The Balaban J connectivity index is 2.11. The molecule has 0 amide bonds. The highest BCUT2D eigenvalue weighted by atomic mass is 16.5. The number of hydrogen-bond donors (Lipinski definition) is 2. The van der Waals surface area contributed by atoms with Crippen molar-refractivity contribution in [2.45, 2.75) is 13.8 Å².